The summed E-state index contributed by atoms with van der Waals surface area (Å²) in [6, 6.07) is 16.7. The van der Waals surface area contributed by atoms with Gasteiger partial charge in [-0.2, -0.15) is 9.78 Å². The molecule has 0 saturated heterocycles. The minimum Gasteiger partial charge on any atom is -0.507 e. The lowest BCUT2D eigenvalue weighted by atomic mass is 10.1. The maximum Gasteiger partial charge on any atom is 0.349 e. The van der Waals surface area contributed by atoms with Gasteiger partial charge in [0.15, 0.2) is 5.75 Å². The van der Waals surface area contributed by atoms with Crippen LogP contribution in [0.2, 0.25) is 0 Å². The lowest BCUT2D eigenvalue weighted by molar-refractivity contribution is 0.0937. The van der Waals surface area contributed by atoms with Crippen molar-refractivity contribution in [2.24, 2.45) is 0 Å². The Balaban J connectivity index is 1.59. The van der Waals surface area contributed by atoms with Gasteiger partial charge in [-0.1, -0.05) is 30.3 Å². The zero-order valence-electron chi connectivity index (χ0n) is 18.2. The van der Waals surface area contributed by atoms with E-state index in [4.69, 9.17) is 4.74 Å². The van der Waals surface area contributed by atoms with Crippen LogP contribution < -0.4 is 21.3 Å². The largest absolute Gasteiger partial charge is 0.507 e. The molecule has 178 valence electrons. The fourth-order valence-electron chi connectivity index (χ4n) is 3.28. The third kappa shape index (κ3) is 5.52. The number of carbonyl (C=O) groups is 1. The van der Waals surface area contributed by atoms with Gasteiger partial charge in [0.2, 0.25) is 0 Å². The van der Waals surface area contributed by atoms with Gasteiger partial charge in [0.25, 0.3) is 11.5 Å². The Morgan fingerprint density at radius 1 is 1.09 bits per heavy atom. The van der Waals surface area contributed by atoms with Gasteiger partial charge in [-0.15, -0.1) is 0 Å². The topological polar surface area (TPSA) is 126 Å². The number of hydrogen-bond donors (Lipinski definition) is 3. The molecule has 1 heterocycles. The van der Waals surface area contributed by atoms with Crippen LogP contribution in [0, 0.1) is 0 Å². The summed E-state index contributed by atoms with van der Waals surface area (Å²) >= 11 is 6.83. The maximum absolute atomic E-state index is 12.8. The SMILES string of the molecule is C[C@@H](NC(=O)c1cc(Oc2c(Br)cc(-n3ncc(=O)[nH]c3=O)cc2Br)ccc1O)c1ccccc1. The van der Waals surface area contributed by atoms with Gasteiger partial charge in [0.05, 0.1) is 26.2 Å². The van der Waals surface area contributed by atoms with E-state index in [1.807, 2.05) is 37.3 Å². The molecule has 0 saturated carbocycles. The molecule has 0 unspecified atom stereocenters. The zero-order valence-corrected chi connectivity index (χ0v) is 21.3. The van der Waals surface area contributed by atoms with E-state index >= 15 is 0 Å². The smallest absolute Gasteiger partial charge is 0.349 e. The molecule has 11 heteroatoms. The first-order valence-corrected chi connectivity index (χ1v) is 11.9. The van der Waals surface area contributed by atoms with Crippen LogP contribution in [0.3, 0.4) is 0 Å². The van der Waals surface area contributed by atoms with Crippen molar-refractivity contribution in [2.75, 3.05) is 0 Å². The van der Waals surface area contributed by atoms with E-state index in [-0.39, 0.29) is 17.4 Å². The van der Waals surface area contributed by atoms with Crippen molar-refractivity contribution >= 4 is 37.8 Å². The van der Waals surface area contributed by atoms with E-state index < -0.39 is 17.2 Å². The van der Waals surface area contributed by atoms with E-state index in [0.29, 0.717) is 26.1 Å². The molecule has 0 aliphatic rings. The fraction of sp³-hybridized carbons (Fsp3) is 0.0833. The molecule has 0 spiro atoms. The molecule has 0 bridgehead atoms. The van der Waals surface area contributed by atoms with Crippen molar-refractivity contribution < 1.29 is 14.6 Å². The highest BCUT2D eigenvalue weighted by molar-refractivity contribution is 9.11. The highest BCUT2D eigenvalue weighted by atomic mass is 79.9. The summed E-state index contributed by atoms with van der Waals surface area (Å²) < 4.78 is 7.93. The first kappa shape index (κ1) is 24.4. The van der Waals surface area contributed by atoms with Gasteiger partial charge in [-0.05, 0) is 74.7 Å². The van der Waals surface area contributed by atoms with Crippen molar-refractivity contribution in [1.29, 1.82) is 0 Å². The number of nitrogens with zero attached hydrogens (tertiary/aromatic N) is 2. The van der Waals surface area contributed by atoms with Gasteiger partial charge in [-0.25, -0.2) is 4.79 Å². The molecule has 35 heavy (non-hydrogen) atoms. The van der Waals surface area contributed by atoms with Crippen molar-refractivity contribution in [3.63, 3.8) is 0 Å². The first-order valence-electron chi connectivity index (χ1n) is 10.3. The summed E-state index contributed by atoms with van der Waals surface area (Å²) in [5.41, 5.74) is 0.0616. The Kier molecular flexibility index (Phi) is 7.17. The van der Waals surface area contributed by atoms with Gasteiger partial charge >= 0.3 is 5.69 Å². The fourth-order valence-corrected chi connectivity index (χ4v) is 4.61. The molecule has 1 atom stereocenters. The highest BCUT2D eigenvalue weighted by Crippen LogP contribution is 2.39. The molecule has 0 aliphatic carbocycles. The number of nitrogens with one attached hydrogen (secondary N) is 2. The van der Waals surface area contributed by atoms with Crippen molar-refractivity contribution in [1.82, 2.24) is 20.1 Å². The van der Waals surface area contributed by atoms with Crippen molar-refractivity contribution in [2.45, 2.75) is 13.0 Å². The molecule has 4 rings (SSSR count). The molecular weight excluding hydrogens is 584 g/mol. The van der Waals surface area contributed by atoms with E-state index in [0.717, 1.165) is 16.4 Å². The Bertz CT molecular complexity index is 1500. The number of halogens is 2. The van der Waals surface area contributed by atoms with Crippen LogP contribution in [0.1, 0.15) is 28.9 Å². The Hall–Kier alpha value is -3.70. The quantitative estimate of drug-likeness (QED) is 0.300. The molecule has 3 aromatic carbocycles. The number of amides is 1. The number of aromatic nitrogens is 3. The number of aromatic hydroxyl groups is 1. The third-order valence-corrected chi connectivity index (χ3v) is 6.20. The minimum absolute atomic E-state index is 0.0538. The molecule has 0 radical (unpaired) electrons. The molecule has 1 amide bonds. The van der Waals surface area contributed by atoms with Crippen LogP contribution in [0.5, 0.6) is 17.2 Å². The minimum atomic E-state index is -0.691. The number of benzene rings is 3. The van der Waals surface area contributed by atoms with Crippen LogP contribution in [0.4, 0.5) is 0 Å². The van der Waals surface area contributed by atoms with E-state index in [9.17, 15) is 19.5 Å². The highest BCUT2D eigenvalue weighted by Gasteiger charge is 2.18. The Morgan fingerprint density at radius 2 is 1.77 bits per heavy atom. The number of rotatable bonds is 6. The molecule has 0 aliphatic heterocycles. The number of ether oxygens (including phenoxy) is 1. The predicted octanol–water partition coefficient (Wildman–Crippen LogP) is 4.43. The summed E-state index contributed by atoms with van der Waals surface area (Å²) in [6.07, 6.45) is 0.995. The van der Waals surface area contributed by atoms with Gasteiger partial charge < -0.3 is 15.2 Å². The molecule has 1 aromatic heterocycles. The standard InChI is InChI=1S/C24H18Br2N4O5/c1-13(14-5-3-2-4-6-14)28-23(33)17-11-16(7-8-20(17)31)35-22-18(25)9-15(10-19(22)26)30-24(34)29-21(32)12-27-30/h2-13,31H,1H3,(H,28,33)(H,29,32,34)/t13-/m1/s1. The third-order valence-electron chi connectivity index (χ3n) is 5.02. The molecule has 9 nitrogen and oxygen atoms in total. The van der Waals surface area contributed by atoms with Crippen LogP contribution >= 0.6 is 31.9 Å². The second-order valence-electron chi connectivity index (χ2n) is 7.48. The van der Waals surface area contributed by atoms with Gasteiger partial charge in [0, 0.05) is 0 Å². The Morgan fingerprint density at radius 3 is 2.43 bits per heavy atom. The summed E-state index contributed by atoms with van der Waals surface area (Å²) in [5, 5.41) is 17.0. The van der Waals surface area contributed by atoms with E-state index in [2.05, 4.69) is 47.3 Å². The second kappa shape index (κ2) is 10.3. The first-order chi connectivity index (χ1) is 16.7. The average Bonchev–Trinajstić information content (AvgIpc) is 2.82. The van der Waals surface area contributed by atoms with E-state index in [1.165, 1.54) is 18.2 Å². The lowest BCUT2D eigenvalue weighted by Crippen LogP contribution is -2.30. The van der Waals surface area contributed by atoms with E-state index in [1.54, 1.807) is 12.1 Å². The summed E-state index contributed by atoms with van der Waals surface area (Å²) in [4.78, 5) is 38.3. The van der Waals surface area contributed by atoms with Crippen LogP contribution in [-0.4, -0.2) is 25.8 Å². The monoisotopic (exact) mass is 600 g/mol. The summed E-state index contributed by atoms with van der Waals surface area (Å²) in [5.74, 6) is 0.0168. The van der Waals surface area contributed by atoms with Crippen molar-refractivity contribution in [3.8, 4) is 22.9 Å². The zero-order chi connectivity index (χ0) is 25.1. The molecule has 3 N–H and O–H groups in total. The summed E-state index contributed by atoms with van der Waals surface area (Å²) in [7, 11) is 0. The number of carbonyl (C=O) groups excluding carboxylic acids is 1. The number of phenols is 1. The molecule has 0 fully saturated rings. The van der Waals surface area contributed by atoms with Gasteiger partial charge in [-0.3, -0.25) is 14.6 Å². The normalized spacial score (nSPS) is 11.6. The summed E-state index contributed by atoms with van der Waals surface area (Å²) in [6.45, 7) is 1.85. The lowest BCUT2D eigenvalue weighted by Gasteiger charge is -2.16. The van der Waals surface area contributed by atoms with Crippen LogP contribution in [-0.2, 0) is 0 Å². The number of phenolic OH excluding ortho intramolecular Hbond substituents is 1. The average molecular weight is 602 g/mol. The predicted molar refractivity (Wildman–Crippen MR) is 136 cm³/mol. The van der Waals surface area contributed by atoms with Crippen LogP contribution in [0.25, 0.3) is 5.69 Å². The number of aromatic amines is 1. The molecular formula is C24H18Br2N4O5. The maximum atomic E-state index is 12.8. The van der Waals surface area contributed by atoms with Crippen molar-refractivity contribution in [3.05, 3.63) is 108 Å². The second-order valence-corrected chi connectivity index (χ2v) is 9.18. The number of H-pyrrole nitrogens is 1. The molecule has 4 aromatic rings. The van der Waals surface area contributed by atoms with Crippen LogP contribution in [0.15, 0.2) is 85.4 Å². The number of hydrogen-bond acceptors (Lipinski definition) is 6. The van der Waals surface area contributed by atoms with Gasteiger partial charge in [0.1, 0.15) is 17.7 Å². The Labute approximate surface area is 215 Å².